The third-order valence-corrected chi connectivity index (χ3v) is 2.87. The average molecular weight is 248 g/mol. The molecule has 0 saturated carbocycles. The van der Waals surface area contributed by atoms with E-state index in [4.69, 9.17) is 10.8 Å². The van der Waals surface area contributed by atoms with Crippen molar-refractivity contribution in [3.8, 4) is 0 Å². The topological polar surface area (TPSA) is 92.4 Å². The van der Waals surface area contributed by atoms with Crippen molar-refractivity contribution in [1.82, 2.24) is 5.32 Å². The van der Waals surface area contributed by atoms with Crippen LogP contribution in [0.5, 0.6) is 0 Å². The van der Waals surface area contributed by atoms with Crippen molar-refractivity contribution in [3.05, 3.63) is 0 Å². The lowest BCUT2D eigenvalue weighted by molar-refractivity contribution is -0.137. The number of carbonyl (C=O) groups is 2. The molecule has 0 aromatic heterocycles. The van der Waals surface area contributed by atoms with Crippen LogP contribution >= 0.6 is 11.8 Å². The minimum absolute atomic E-state index is 0.0580. The first-order chi connectivity index (χ1) is 7.51. The molecule has 0 spiro atoms. The van der Waals surface area contributed by atoms with Gasteiger partial charge in [0, 0.05) is 6.04 Å². The fourth-order valence-corrected chi connectivity index (χ4v) is 1.68. The molecule has 0 aliphatic rings. The van der Waals surface area contributed by atoms with E-state index in [-0.39, 0.29) is 18.4 Å². The molecule has 0 saturated heterocycles. The van der Waals surface area contributed by atoms with E-state index >= 15 is 0 Å². The number of nitrogens with one attached hydrogen (secondary N) is 1. The summed E-state index contributed by atoms with van der Waals surface area (Å²) in [6.07, 6.45) is 3.09. The molecule has 0 fully saturated rings. The molecule has 94 valence electrons. The second-order valence-electron chi connectivity index (χ2n) is 3.60. The molecule has 0 aromatic carbocycles. The Morgan fingerprint density at radius 2 is 2.12 bits per heavy atom. The molecule has 1 amide bonds. The van der Waals surface area contributed by atoms with Gasteiger partial charge >= 0.3 is 5.97 Å². The number of carboxylic acids is 1. The lowest BCUT2D eigenvalue weighted by Crippen LogP contribution is -2.46. The van der Waals surface area contributed by atoms with Gasteiger partial charge in [0.25, 0.3) is 0 Å². The molecule has 0 aliphatic carbocycles. The standard InChI is InChI=1S/C10H20N2O3S/c1-3-7(6-9(13)14)12-10(15)8(11)4-5-16-2/h7-8H,3-6,11H2,1-2H3,(H,12,15)(H,13,14)/t7?,8-/m1/s1. The predicted molar refractivity (Wildman–Crippen MR) is 65.4 cm³/mol. The van der Waals surface area contributed by atoms with Gasteiger partial charge in [0.1, 0.15) is 0 Å². The number of carboxylic acid groups (broad SMARTS) is 1. The summed E-state index contributed by atoms with van der Waals surface area (Å²) in [5, 5.41) is 11.3. The molecule has 0 bridgehead atoms. The zero-order valence-electron chi connectivity index (χ0n) is 9.73. The molecule has 2 atom stereocenters. The summed E-state index contributed by atoms with van der Waals surface area (Å²) in [5.74, 6) is -0.350. The molecule has 0 heterocycles. The van der Waals surface area contributed by atoms with Crippen molar-refractivity contribution in [1.29, 1.82) is 0 Å². The highest BCUT2D eigenvalue weighted by atomic mass is 32.2. The first-order valence-electron chi connectivity index (χ1n) is 5.27. The number of aliphatic carboxylic acids is 1. The number of rotatable bonds is 8. The zero-order valence-corrected chi connectivity index (χ0v) is 10.5. The second-order valence-corrected chi connectivity index (χ2v) is 4.59. The monoisotopic (exact) mass is 248 g/mol. The van der Waals surface area contributed by atoms with E-state index in [1.165, 1.54) is 0 Å². The van der Waals surface area contributed by atoms with Gasteiger partial charge in [0.15, 0.2) is 0 Å². The maximum absolute atomic E-state index is 11.6. The van der Waals surface area contributed by atoms with Crippen molar-refractivity contribution in [2.24, 2.45) is 5.73 Å². The van der Waals surface area contributed by atoms with E-state index in [0.29, 0.717) is 12.8 Å². The molecule has 4 N–H and O–H groups in total. The van der Waals surface area contributed by atoms with Crippen molar-refractivity contribution in [2.45, 2.75) is 38.3 Å². The number of thioether (sulfide) groups is 1. The molecule has 0 radical (unpaired) electrons. The van der Waals surface area contributed by atoms with Crippen molar-refractivity contribution >= 4 is 23.6 Å². The quantitative estimate of drug-likeness (QED) is 0.579. The minimum atomic E-state index is -0.912. The fraction of sp³-hybridized carbons (Fsp3) is 0.800. The molecular formula is C10H20N2O3S. The first kappa shape index (κ1) is 15.2. The predicted octanol–water partition coefficient (Wildman–Crippen LogP) is 0.436. The number of hydrogen-bond acceptors (Lipinski definition) is 4. The number of carbonyl (C=O) groups excluding carboxylic acids is 1. The lowest BCUT2D eigenvalue weighted by Gasteiger charge is -2.18. The second kappa shape index (κ2) is 8.41. The van der Waals surface area contributed by atoms with Crippen molar-refractivity contribution in [2.75, 3.05) is 12.0 Å². The largest absolute Gasteiger partial charge is 0.481 e. The van der Waals surface area contributed by atoms with E-state index in [9.17, 15) is 9.59 Å². The highest BCUT2D eigenvalue weighted by molar-refractivity contribution is 7.98. The third-order valence-electron chi connectivity index (χ3n) is 2.23. The molecule has 5 nitrogen and oxygen atoms in total. The van der Waals surface area contributed by atoms with E-state index in [1.54, 1.807) is 11.8 Å². The Balaban J connectivity index is 4.03. The van der Waals surface area contributed by atoms with Crippen LogP contribution in [0, 0.1) is 0 Å². The van der Waals surface area contributed by atoms with Gasteiger partial charge in [-0.3, -0.25) is 9.59 Å². The minimum Gasteiger partial charge on any atom is -0.481 e. The zero-order chi connectivity index (χ0) is 12.6. The van der Waals surface area contributed by atoms with Crippen LogP contribution in [0.3, 0.4) is 0 Å². The summed E-state index contributed by atoms with van der Waals surface area (Å²) in [7, 11) is 0. The highest BCUT2D eigenvalue weighted by Gasteiger charge is 2.18. The summed E-state index contributed by atoms with van der Waals surface area (Å²) < 4.78 is 0. The third kappa shape index (κ3) is 6.68. The van der Waals surface area contributed by atoms with Crippen LogP contribution in [0.15, 0.2) is 0 Å². The fourth-order valence-electron chi connectivity index (χ4n) is 1.19. The van der Waals surface area contributed by atoms with Crippen LogP contribution in [-0.4, -0.2) is 41.1 Å². The van der Waals surface area contributed by atoms with Crippen molar-refractivity contribution < 1.29 is 14.7 Å². The Morgan fingerprint density at radius 1 is 1.50 bits per heavy atom. The van der Waals surface area contributed by atoms with Crippen molar-refractivity contribution in [3.63, 3.8) is 0 Å². The lowest BCUT2D eigenvalue weighted by atomic mass is 10.1. The summed E-state index contributed by atoms with van der Waals surface area (Å²) in [4.78, 5) is 22.1. The van der Waals surface area contributed by atoms with Crippen LogP contribution in [0.2, 0.25) is 0 Å². The number of amides is 1. The molecule has 0 aliphatic heterocycles. The Kier molecular flexibility index (Phi) is 8.01. The molecular weight excluding hydrogens is 228 g/mol. The summed E-state index contributed by atoms with van der Waals surface area (Å²) in [6.45, 7) is 1.83. The van der Waals surface area contributed by atoms with Gasteiger partial charge in [-0.05, 0) is 24.9 Å². The highest BCUT2D eigenvalue weighted by Crippen LogP contribution is 2.02. The Morgan fingerprint density at radius 3 is 2.56 bits per heavy atom. The van der Waals surface area contributed by atoms with Crippen LogP contribution in [0.4, 0.5) is 0 Å². The Bertz CT molecular complexity index is 236. The SMILES string of the molecule is CCC(CC(=O)O)NC(=O)[C@H](N)CCSC. The normalized spacial score (nSPS) is 14.2. The van der Waals surface area contributed by atoms with Gasteiger partial charge < -0.3 is 16.2 Å². The first-order valence-corrected chi connectivity index (χ1v) is 6.67. The van der Waals surface area contributed by atoms with Gasteiger partial charge in [0.05, 0.1) is 12.5 Å². The summed E-state index contributed by atoms with van der Waals surface area (Å²) in [5.41, 5.74) is 5.66. The van der Waals surface area contributed by atoms with Gasteiger partial charge in [-0.25, -0.2) is 0 Å². The Hall–Kier alpha value is -0.750. The maximum Gasteiger partial charge on any atom is 0.305 e. The molecule has 16 heavy (non-hydrogen) atoms. The molecule has 1 unspecified atom stereocenters. The summed E-state index contributed by atoms with van der Waals surface area (Å²) >= 11 is 1.63. The number of hydrogen-bond donors (Lipinski definition) is 3. The van der Waals surface area contributed by atoms with Crippen LogP contribution in [0.25, 0.3) is 0 Å². The summed E-state index contributed by atoms with van der Waals surface area (Å²) in [6, 6.07) is -0.874. The average Bonchev–Trinajstić information content (AvgIpc) is 2.23. The van der Waals surface area contributed by atoms with Crippen LogP contribution in [-0.2, 0) is 9.59 Å². The Labute approximate surface area is 100 Å². The smallest absolute Gasteiger partial charge is 0.305 e. The van der Waals surface area contributed by atoms with Crippen LogP contribution in [0.1, 0.15) is 26.2 Å². The van der Waals surface area contributed by atoms with E-state index in [2.05, 4.69) is 5.32 Å². The molecule has 0 rings (SSSR count). The van der Waals surface area contributed by atoms with E-state index < -0.39 is 12.0 Å². The number of nitrogens with two attached hydrogens (primary N) is 1. The molecule has 6 heteroatoms. The van der Waals surface area contributed by atoms with Crippen LogP contribution < -0.4 is 11.1 Å². The van der Waals surface area contributed by atoms with Gasteiger partial charge in [-0.15, -0.1) is 0 Å². The van der Waals surface area contributed by atoms with Gasteiger partial charge in [-0.2, -0.15) is 11.8 Å². The van der Waals surface area contributed by atoms with E-state index in [0.717, 1.165) is 5.75 Å². The van der Waals surface area contributed by atoms with Gasteiger partial charge in [-0.1, -0.05) is 6.92 Å². The molecule has 0 aromatic rings. The van der Waals surface area contributed by atoms with E-state index in [1.807, 2.05) is 13.2 Å². The maximum atomic E-state index is 11.6. The van der Waals surface area contributed by atoms with Gasteiger partial charge in [0.2, 0.25) is 5.91 Å².